The van der Waals surface area contributed by atoms with Crippen LogP contribution in [0.2, 0.25) is 0 Å². The Balaban J connectivity index is -0.000000120. The molecule has 0 aromatic heterocycles. The van der Waals surface area contributed by atoms with Crippen molar-refractivity contribution in [1.29, 1.82) is 0 Å². The number of ether oxygens (including phenoxy) is 1. The molecule has 0 aliphatic carbocycles. The summed E-state index contributed by atoms with van der Waals surface area (Å²) in [5.74, 6) is 0. The maximum absolute atomic E-state index is 5.49. The molecule has 58 valence electrons. The van der Waals surface area contributed by atoms with Gasteiger partial charge in [0, 0.05) is 6.61 Å². The van der Waals surface area contributed by atoms with Gasteiger partial charge in [0.05, 0.1) is 0 Å². The summed E-state index contributed by atoms with van der Waals surface area (Å²) in [5, 5.41) is 0. The maximum Gasteiger partial charge on any atom is 0.187 e. The van der Waals surface area contributed by atoms with Gasteiger partial charge in [-0.3, -0.25) is 0 Å². The Morgan fingerprint density at radius 1 is 1.33 bits per heavy atom. The van der Waals surface area contributed by atoms with E-state index in [1.54, 1.807) is 0 Å². The van der Waals surface area contributed by atoms with Crippen LogP contribution in [-0.4, -0.2) is 29.5 Å². The van der Waals surface area contributed by atoms with Crippen LogP contribution in [0, 0.1) is 0 Å². The first-order chi connectivity index (χ1) is 2.89. The standard InChI is InChI=1S/C4H7ClO.Al.2ClH.3H/c5-4-2-1-3-6-4;;;;;;/h4H,1-3H2;;2*1H;;;. The van der Waals surface area contributed by atoms with Gasteiger partial charge in [-0.25, -0.2) is 0 Å². The lowest BCUT2D eigenvalue weighted by atomic mass is 10.4. The molecule has 0 aromatic carbocycles. The first-order valence-corrected chi connectivity index (χ1v) is 2.59. The predicted octanol–water partition coefficient (Wildman–Crippen LogP) is 1.02. The third-order valence-corrected chi connectivity index (χ3v) is 1.22. The van der Waals surface area contributed by atoms with E-state index in [-0.39, 0.29) is 47.7 Å². The molecule has 1 atom stereocenters. The second-order valence-electron chi connectivity index (χ2n) is 1.42. The van der Waals surface area contributed by atoms with Crippen LogP contribution in [0.4, 0.5) is 0 Å². The summed E-state index contributed by atoms with van der Waals surface area (Å²) in [6.07, 6.45) is 2.16. The second-order valence-corrected chi connectivity index (χ2v) is 1.91. The Morgan fingerprint density at radius 3 is 2.00 bits per heavy atom. The molecule has 1 unspecified atom stereocenters. The lowest BCUT2D eigenvalue weighted by Gasteiger charge is -1.91. The number of rotatable bonds is 0. The Bertz CT molecular complexity index is 49.1. The van der Waals surface area contributed by atoms with E-state index in [1.807, 2.05) is 0 Å². The Hall–Kier alpha value is 1.36. The van der Waals surface area contributed by atoms with Gasteiger partial charge in [0.15, 0.2) is 17.4 Å². The van der Waals surface area contributed by atoms with Gasteiger partial charge in [0.2, 0.25) is 0 Å². The molecule has 1 aliphatic heterocycles. The molecule has 0 bridgehead atoms. The van der Waals surface area contributed by atoms with Gasteiger partial charge in [-0.2, -0.15) is 0 Å². The van der Waals surface area contributed by atoms with Crippen molar-refractivity contribution < 1.29 is 4.74 Å². The first-order valence-electron chi connectivity index (χ1n) is 2.15. The van der Waals surface area contributed by atoms with Crippen molar-refractivity contribution in [2.24, 2.45) is 0 Å². The monoisotopic (exact) mass is 208 g/mol. The largest absolute Gasteiger partial charge is 0.362 e. The molecule has 9 heavy (non-hydrogen) atoms. The van der Waals surface area contributed by atoms with Gasteiger partial charge in [-0.15, -0.1) is 24.8 Å². The molecule has 1 fully saturated rings. The fourth-order valence-corrected chi connectivity index (χ4v) is 0.782. The SMILES string of the molecule is Cl.Cl.ClC1CCCO1.[AlH3]. The van der Waals surface area contributed by atoms with Crippen LogP contribution in [0.5, 0.6) is 0 Å². The fraction of sp³-hybridized carbons (Fsp3) is 1.00. The van der Waals surface area contributed by atoms with E-state index in [1.165, 1.54) is 0 Å². The molecule has 1 nitrogen and oxygen atoms in total. The normalized spacial score (nSPS) is 23.0. The Morgan fingerprint density at radius 2 is 1.89 bits per heavy atom. The highest BCUT2D eigenvalue weighted by molar-refractivity contribution is 6.19. The van der Waals surface area contributed by atoms with Crippen LogP contribution in [0.25, 0.3) is 0 Å². The topological polar surface area (TPSA) is 9.23 Å². The molecule has 1 rings (SSSR count). The molecule has 5 heteroatoms. The van der Waals surface area contributed by atoms with Crippen molar-refractivity contribution in [3.63, 3.8) is 0 Å². The molecule has 0 amide bonds. The average Bonchev–Trinajstić information content (AvgIpc) is 1.86. The van der Waals surface area contributed by atoms with Gasteiger partial charge < -0.3 is 4.74 Å². The summed E-state index contributed by atoms with van der Waals surface area (Å²) >= 11 is 5.49. The third-order valence-electron chi connectivity index (χ3n) is 0.874. The van der Waals surface area contributed by atoms with Crippen LogP contribution < -0.4 is 0 Å². The molecule has 1 saturated heterocycles. The first kappa shape index (κ1) is 16.8. The van der Waals surface area contributed by atoms with Crippen molar-refractivity contribution in [2.45, 2.75) is 18.4 Å². The molecule has 0 aromatic rings. The van der Waals surface area contributed by atoms with Crippen LogP contribution in [0.1, 0.15) is 12.8 Å². The minimum Gasteiger partial charge on any atom is -0.362 e. The van der Waals surface area contributed by atoms with Crippen LogP contribution in [-0.2, 0) is 4.74 Å². The quantitative estimate of drug-likeness (QED) is 0.428. The second kappa shape index (κ2) is 9.36. The van der Waals surface area contributed by atoms with Crippen molar-refractivity contribution >= 4 is 53.8 Å². The van der Waals surface area contributed by atoms with E-state index < -0.39 is 0 Å². The van der Waals surface area contributed by atoms with E-state index in [0.29, 0.717) is 0 Å². The summed E-state index contributed by atoms with van der Waals surface area (Å²) in [6, 6.07) is 0. The summed E-state index contributed by atoms with van der Waals surface area (Å²) in [4.78, 5) is 0. The molecular weight excluding hydrogens is 197 g/mol. The number of alkyl halides is 1. The third kappa shape index (κ3) is 7.26. The van der Waals surface area contributed by atoms with Crippen molar-refractivity contribution in [3.05, 3.63) is 0 Å². The van der Waals surface area contributed by atoms with Crippen LogP contribution in [0.3, 0.4) is 0 Å². The van der Waals surface area contributed by atoms with Crippen LogP contribution >= 0.6 is 36.4 Å². The highest BCUT2D eigenvalue weighted by Crippen LogP contribution is 2.14. The highest BCUT2D eigenvalue weighted by Gasteiger charge is 2.09. The van der Waals surface area contributed by atoms with Gasteiger partial charge in [-0.05, 0) is 12.8 Å². The minimum atomic E-state index is 0. The van der Waals surface area contributed by atoms with E-state index in [2.05, 4.69) is 0 Å². The van der Waals surface area contributed by atoms with Gasteiger partial charge in [-0.1, -0.05) is 11.6 Å². The van der Waals surface area contributed by atoms with Crippen molar-refractivity contribution in [3.8, 4) is 0 Å². The summed E-state index contributed by atoms with van der Waals surface area (Å²) in [6.45, 7) is 0.855. The zero-order chi connectivity index (χ0) is 4.41. The number of hydrogen-bond donors (Lipinski definition) is 0. The van der Waals surface area contributed by atoms with Crippen molar-refractivity contribution in [1.82, 2.24) is 0 Å². The smallest absolute Gasteiger partial charge is 0.187 e. The van der Waals surface area contributed by atoms with E-state index in [0.717, 1.165) is 19.4 Å². The Labute approximate surface area is 83.4 Å². The molecule has 0 saturated carbocycles. The van der Waals surface area contributed by atoms with Crippen LogP contribution in [0.15, 0.2) is 0 Å². The molecule has 1 aliphatic rings. The molecule has 0 radical (unpaired) electrons. The van der Waals surface area contributed by atoms with E-state index in [4.69, 9.17) is 16.3 Å². The summed E-state index contributed by atoms with van der Waals surface area (Å²) < 4.78 is 4.92. The lowest BCUT2D eigenvalue weighted by molar-refractivity contribution is 0.168. The molecule has 0 spiro atoms. The number of halogens is 3. The van der Waals surface area contributed by atoms with Crippen molar-refractivity contribution in [2.75, 3.05) is 6.61 Å². The number of hydrogen-bond acceptors (Lipinski definition) is 1. The minimum absolute atomic E-state index is 0. The van der Waals surface area contributed by atoms with Gasteiger partial charge in [0.25, 0.3) is 0 Å². The molecular formula is C4H12AlCl3O. The maximum atomic E-state index is 5.49. The predicted molar refractivity (Wildman–Crippen MR) is 49.3 cm³/mol. The highest BCUT2D eigenvalue weighted by atomic mass is 35.5. The van der Waals surface area contributed by atoms with Gasteiger partial charge >= 0.3 is 0 Å². The lowest BCUT2D eigenvalue weighted by Crippen LogP contribution is -1.89. The zero-order valence-electron chi connectivity index (χ0n) is 4.30. The average molecular weight is 209 g/mol. The zero-order valence-corrected chi connectivity index (χ0v) is 6.69. The fourth-order valence-electron chi connectivity index (χ4n) is 0.538. The van der Waals surface area contributed by atoms with Gasteiger partial charge in [0.1, 0.15) is 5.56 Å². The Kier molecular flexibility index (Phi) is 17.4. The summed E-state index contributed by atoms with van der Waals surface area (Å²) in [7, 11) is 0. The van der Waals surface area contributed by atoms with E-state index >= 15 is 0 Å². The molecule has 0 N–H and O–H groups in total. The summed E-state index contributed by atoms with van der Waals surface area (Å²) in [5.41, 5.74) is 0.0185. The van der Waals surface area contributed by atoms with E-state index in [9.17, 15) is 0 Å². The molecule has 1 heterocycles.